The third-order valence-corrected chi connectivity index (χ3v) is 5.30. The molecule has 30 heavy (non-hydrogen) atoms. The second-order valence-corrected chi connectivity index (χ2v) is 7.10. The third-order valence-electron chi connectivity index (χ3n) is 5.30. The van der Waals surface area contributed by atoms with Gasteiger partial charge in [-0.1, -0.05) is 37.3 Å². The summed E-state index contributed by atoms with van der Waals surface area (Å²) in [4.78, 5) is 14.4. The lowest BCUT2D eigenvalue weighted by molar-refractivity contribution is -0.131. The van der Waals surface area contributed by atoms with Crippen molar-refractivity contribution in [2.75, 3.05) is 20.8 Å². The van der Waals surface area contributed by atoms with Crippen molar-refractivity contribution >= 4 is 5.91 Å². The summed E-state index contributed by atoms with van der Waals surface area (Å²) in [5.74, 6) is 2.64. The molecule has 0 unspecified atom stereocenters. The maximum atomic E-state index is 12.6. The van der Waals surface area contributed by atoms with Gasteiger partial charge < -0.3 is 18.8 Å². The van der Waals surface area contributed by atoms with Crippen molar-refractivity contribution in [2.45, 2.75) is 32.2 Å². The number of benzene rings is 2. The van der Waals surface area contributed by atoms with Crippen LogP contribution in [-0.4, -0.2) is 31.6 Å². The Morgan fingerprint density at radius 2 is 1.77 bits per heavy atom. The highest BCUT2D eigenvalue weighted by Crippen LogP contribution is 2.35. The van der Waals surface area contributed by atoms with E-state index in [2.05, 4.69) is 18.2 Å². The molecule has 1 aromatic heterocycles. The van der Waals surface area contributed by atoms with Crippen LogP contribution in [0.25, 0.3) is 0 Å². The summed E-state index contributed by atoms with van der Waals surface area (Å²) >= 11 is 0. The lowest BCUT2D eigenvalue weighted by Crippen LogP contribution is -2.31. The van der Waals surface area contributed by atoms with E-state index in [-0.39, 0.29) is 11.8 Å². The minimum Gasteiger partial charge on any atom is -0.497 e. The molecular formula is C25H29NO4. The first-order valence-electron chi connectivity index (χ1n) is 10.2. The first-order valence-corrected chi connectivity index (χ1v) is 10.2. The highest BCUT2D eigenvalue weighted by atomic mass is 16.5. The number of rotatable bonds is 10. The highest BCUT2D eigenvalue weighted by Gasteiger charge is 2.21. The van der Waals surface area contributed by atoms with Crippen LogP contribution in [0.15, 0.2) is 71.3 Å². The van der Waals surface area contributed by atoms with Gasteiger partial charge in [0, 0.05) is 24.4 Å². The number of furan rings is 1. The summed E-state index contributed by atoms with van der Waals surface area (Å²) in [5.41, 5.74) is 2.26. The number of amides is 1. The SMILES string of the molecule is CCC(=O)N(CC[C@H](c1ccc(OC)cc1)c1ccccc1OC)Cc1ccco1. The second kappa shape index (κ2) is 10.5. The number of para-hydroxylation sites is 1. The van der Waals surface area contributed by atoms with Crippen LogP contribution in [0.4, 0.5) is 0 Å². The van der Waals surface area contributed by atoms with E-state index >= 15 is 0 Å². The zero-order valence-electron chi connectivity index (χ0n) is 17.8. The Bertz CT molecular complexity index is 919. The maximum absolute atomic E-state index is 12.6. The molecule has 5 heteroatoms. The standard InChI is InChI=1S/C25H29NO4/c1-4-25(27)26(18-21-8-7-17-30-21)16-15-22(19-11-13-20(28-2)14-12-19)23-9-5-6-10-24(23)29-3/h5-14,17,22H,4,15-16,18H2,1-3H3/t22-/m1/s1. The zero-order valence-corrected chi connectivity index (χ0v) is 17.8. The zero-order chi connectivity index (χ0) is 21.3. The molecule has 158 valence electrons. The van der Waals surface area contributed by atoms with Crippen LogP contribution in [0, 0.1) is 0 Å². The van der Waals surface area contributed by atoms with Gasteiger partial charge in [-0.25, -0.2) is 0 Å². The van der Waals surface area contributed by atoms with Crippen molar-refractivity contribution in [3.8, 4) is 11.5 Å². The van der Waals surface area contributed by atoms with Gasteiger partial charge in [0.2, 0.25) is 5.91 Å². The summed E-state index contributed by atoms with van der Waals surface area (Å²) in [6.45, 7) is 2.97. The van der Waals surface area contributed by atoms with E-state index in [0.29, 0.717) is 19.5 Å². The number of carbonyl (C=O) groups is 1. The molecule has 0 fully saturated rings. The van der Waals surface area contributed by atoms with Gasteiger partial charge >= 0.3 is 0 Å². The Morgan fingerprint density at radius 3 is 2.40 bits per heavy atom. The number of methoxy groups -OCH3 is 2. The average Bonchev–Trinajstić information content (AvgIpc) is 3.31. The van der Waals surface area contributed by atoms with E-state index in [1.807, 2.05) is 54.3 Å². The van der Waals surface area contributed by atoms with Crippen molar-refractivity contribution in [3.05, 3.63) is 83.8 Å². The average molecular weight is 408 g/mol. The fourth-order valence-corrected chi connectivity index (χ4v) is 3.68. The van der Waals surface area contributed by atoms with Gasteiger partial charge in [0.25, 0.3) is 0 Å². The number of ether oxygens (including phenoxy) is 2. The van der Waals surface area contributed by atoms with Crippen LogP contribution in [0.1, 0.15) is 42.6 Å². The smallest absolute Gasteiger partial charge is 0.222 e. The topological polar surface area (TPSA) is 51.9 Å². The lowest BCUT2D eigenvalue weighted by Gasteiger charge is -2.26. The van der Waals surface area contributed by atoms with E-state index in [1.54, 1.807) is 20.5 Å². The molecule has 0 N–H and O–H groups in total. The van der Waals surface area contributed by atoms with Crippen molar-refractivity contribution in [3.63, 3.8) is 0 Å². The minimum absolute atomic E-state index is 0.0795. The fourth-order valence-electron chi connectivity index (χ4n) is 3.68. The Morgan fingerprint density at radius 1 is 1.00 bits per heavy atom. The molecule has 0 saturated heterocycles. The lowest BCUT2D eigenvalue weighted by atomic mass is 9.87. The van der Waals surface area contributed by atoms with Gasteiger partial charge in [0.1, 0.15) is 17.3 Å². The highest BCUT2D eigenvalue weighted by molar-refractivity contribution is 5.75. The summed E-state index contributed by atoms with van der Waals surface area (Å²) in [7, 11) is 3.35. The molecule has 0 radical (unpaired) electrons. The Hall–Kier alpha value is -3.21. The van der Waals surface area contributed by atoms with Gasteiger partial charge in [-0.05, 0) is 42.3 Å². The molecule has 1 heterocycles. The molecule has 0 aliphatic heterocycles. The van der Waals surface area contributed by atoms with Crippen molar-refractivity contribution in [1.29, 1.82) is 0 Å². The Kier molecular flexibility index (Phi) is 7.55. The fraction of sp³-hybridized carbons (Fsp3) is 0.320. The maximum Gasteiger partial charge on any atom is 0.222 e. The number of hydrogen-bond donors (Lipinski definition) is 0. The molecule has 5 nitrogen and oxygen atoms in total. The largest absolute Gasteiger partial charge is 0.497 e. The van der Waals surface area contributed by atoms with E-state index in [1.165, 1.54) is 0 Å². The van der Waals surface area contributed by atoms with E-state index in [4.69, 9.17) is 13.9 Å². The number of hydrogen-bond acceptors (Lipinski definition) is 4. The monoisotopic (exact) mass is 407 g/mol. The molecular weight excluding hydrogens is 378 g/mol. The van der Waals surface area contributed by atoms with Crippen LogP contribution in [0.3, 0.4) is 0 Å². The van der Waals surface area contributed by atoms with Gasteiger partial charge in [-0.2, -0.15) is 0 Å². The molecule has 0 spiro atoms. The summed E-state index contributed by atoms with van der Waals surface area (Å²) in [6, 6.07) is 19.9. The van der Waals surface area contributed by atoms with Crippen LogP contribution >= 0.6 is 0 Å². The summed E-state index contributed by atoms with van der Waals surface area (Å²) in [6.07, 6.45) is 2.86. The molecule has 0 saturated carbocycles. The van der Waals surface area contributed by atoms with Gasteiger partial charge in [0.05, 0.1) is 27.0 Å². The van der Waals surface area contributed by atoms with Crippen LogP contribution in [-0.2, 0) is 11.3 Å². The second-order valence-electron chi connectivity index (χ2n) is 7.10. The van der Waals surface area contributed by atoms with Crippen LogP contribution in [0.5, 0.6) is 11.5 Å². The normalized spacial score (nSPS) is 11.7. The predicted octanol–water partition coefficient (Wildman–Crippen LogP) is 5.26. The van der Waals surface area contributed by atoms with Crippen LogP contribution in [0.2, 0.25) is 0 Å². The first-order chi connectivity index (χ1) is 14.7. The van der Waals surface area contributed by atoms with E-state index < -0.39 is 0 Å². The van der Waals surface area contributed by atoms with Crippen molar-refractivity contribution < 1.29 is 18.7 Å². The van der Waals surface area contributed by atoms with Crippen LogP contribution < -0.4 is 9.47 Å². The summed E-state index contributed by atoms with van der Waals surface area (Å²) < 4.78 is 16.4. The number of carbonyl (C=O) groups excluding carboxylic acids is 1. The molecule has 0 aliphatic carbocycles. The van der Waals surface area contributed by atoms with Gasteiger partial charge in [-0.3, -0.25) is 4.79 Å². The Labute approximate surface area is 178 Å². The number of nitrogens with zero attached hydrogens (tertiary/aromatic N) is 1. The van der Waals surface area contributed by atoms with Gasteiger partial charge in [-0.15, -0.1) is 0 Å². The molecule has 2 aromatic carbocycles. The quantitative estimate of drug-likeness (QED) is 0.460. The minimum atomic E-state index is 0.0795. The molecule has 1 amide bonds. The van der Waals surface area contributed by atoms with Crippen molar-refractivity contribution in [1.82, 2.24) is 4.90 Å². The molecule has 0 bridgehead atoms. The molecule has 1 atom stereocenters. The predicted molar refractivity (Wildman–Crippen MR) is 117 cm³/mol. The molecule has 3 rings (SSSR count). The van der Waals surface area contributed by atoms with Gasteiger partial charge in [0.15, 0.2) is 0 Å². The third kappa shape index (κ3) is 5.23. The Balaban J connectivity index is 1.87. The van der Waals surface area contributed by atoms with E-state index in [0.717, 1.165) is 34.8 Å². The first kappa shape index (κ1) is 21.5. The summed E-state index contributed by atoms with van der Waals surface area (Å²) in [5, 5.41) is 0. The molecule has 3 aromatic rings. The molecule has 0 aliphatic rings. The van der Waals surface area contributed by atoms with E-state index in [9.17, 15) is 4.79 Å². The van der Waals surface area contributed by atoms with Crippen molar-refractivity contribution in [2.24, 2.45) is 0 Å².